The first-order chi connectivity index (χ1) is 11.4. The van der Waals surface area contributed by atoms with Gasteiger partial charge in [0.2, 0.25) is 12.7 Å². The SMILES string of the molecule is CC1(CN)CCN(CC(=O)Nc2cc3c(cc2[N+](=O)[O-])OCO3)C1. The number of nitro benzene ring substituents is 1. The number of hydrogen-bond acceptors (Lipinski definition) is 7. The lowest BCUT2D eigenvalue weighted by molar-refractivity contribution is -0.384. The third-order valence-corrected chi connectivity index (χ3v) is 4.46. The molecule has 0 bridgehead atoms. The minimum absolute atomic E-state index is 0.00926. The van der Waals surface area contributed by atoms with E-state index in [1.165, 1.54) is 12.1 Å². The summed E-state index contributed by atoms with van der Waals surface area (Å²) in [7, 11) is 0. The molecule has 1 aromatic carbocycles. The Morgan fingerprint density at radius 3 is 2.79 bits per heavy atom. The third kappa shape index (κ3) is 3.26. The van der Waals surface area contributed by atoms with Crippen LogP contribution in [0, 0.1) is 15.5 Å². The number of nitrogens with two attached hydrogens (primary N) is 1. The van der Waals surface area contributed by atoms with Gasteiger partial charge in [0.15, 0.2) is 11.5 Å². The van der Waals surface area contributed by atoms with E-state index in [2.05, 4.69) is 12.2 Å². The number of fused-ring (bicyclic) bond motifs is 1. The van der Waals surface area contributed by atoms with Crippen molar-refractivity contribution in [3.05, 3.63) is 22.2 Å². The van der Waals surface area contributed by atoms with E-state index in [-0.39, 0.29) is 36.0 Å². The van der Waals surface area contributed by atoms with E-state index in [9.17, 15) is 14.9 Å². The topological polar surface area (TPSA) is 120 Å². The van der Waals surface area contributed by atoms with Crippen molar-refractivity contribution < 1.29 is 19.2 Å². The van der Waals surface area contributed by atoms with Crippen LogP contribution < -0.4 is 20.5 Å². The Hall–Kier alpha value is -2.39. The second kappa shape index (κ2) is 6.25. The van der Waals surface area contributed by atoms with Crippen molar-refractivity contribution in [2.75, 3.05) is 38.3 Å². The van der Waals surface area contributed by atoms with Gasteiger partial charge in [-0.25, -0.2) is 0 Å². The molecule has 1 fully saturated rings. The third-order valence-electron chi connectivity index (χ3n) is 4.46. The van der Waals surface area contributed by atoms with Gasteiger partial charge in [0.1, 0.15) is 5.69 Å². The molecule has 9 heteroatoms. The standard InChI is InChI=1S/C15H20N4O5/c1-15(7-16)2-3-18(8-15)6-14(20)17-10-4-12-13(24-9-23-12)5-11(10)19(21)22/h4-5H,2-3,6-9,16H2,1H3,(H,17,20). The molecule has 1 amide bonds. The molecule has 1 aromatic rings. The van der Waals surface area contributed by atoms with E-state index in [0.29, 0.717) is 18.0 Å². The van der Waals surface area contributed by atoms with E-state index >= 15 is 0 Å². The van der Waals surface area contributed by atoms with Crippen LogP contribution in [0.2, 0.25) is 0 Å². The largest absolute Gasteiger partial charge is 0.454 e. The molecule has 2 heterocycles. The highest BCUT2D eigenvalue weighted by Crippen LogP contribution is 2.40. The predicted octanol–water partition coefficient (Wildman–Crippen LogP) is 0.933. The summed E-state index contributed by atoms with van der Waals surface area (Å²) in [6.07, 6.45) is 0.931. The van der Waals surface area contributed by atoms with Crippen molar-refractivity contribution in [1.82, 2.24) is 4.90 Å². The number of amides is 1. The van der Waals surface area contributed by atoms with Crippen LogP contribution in [0.4, 0.5) is 11.4 Å². The molecule has 3 rings (SSSR count). The molecule has 130 valence electrons. The Bertz CT molecular complexity index is 680. The fraction of sp³-hybridized carbons (Fsp3) is 0.533. The maximum absolute atomic E-state index is 12.3. The van der Waals surface area contributed by atoms with Gasteiger partial charge in [0, 0.05) is 12.6 Å². The van der Waals surface area contributed by atoms with Crippen molar-refractivity contribution in [3.8, 4) is 11.5 Å². The Morgan fingerprint density at radius 1 is 1.46 bits per heavy atom. The summed E-state index contributed by atoms with van der Waals surface area (Å²) in [6.45, 7) is 4.35. The van der Waals surface area contributed by atoms with Crippen molar-refractivity contribution in [2.24, 2.45) is 11.1 Å². The molecule has 1 unspecified atom stereocenters. The smallest absolute Gasteiger partial charge is 0.296 e. The number of rotatable bonds is 5. The molecule has 3 N–H and O–H groups in total. The van der Waals surface area contributed by atoms with Crippen LogP contribution in [0.25, 0.3) is 0 Å². The summed E-state index contributed by atoms with van der Waals surface area (Å²) in [5.41, 5.74) is 5.67. The molecule has 2 aliphatic rings. The average molecular weight is 336 g/mol. The van der Waals surface area contributed by atoms with Crippen LogP contribution in [-0.2, 0) is 4.79 Å². The molecule has 0 aromatic heterocycles. The summed E-state index contributed by atoms with van der Waals surface area (Å²) in [5, 5.41) is 13.8. The Morgan fingerprint density at radius 2 is 2.17 bits per heavy atom. The van der Waals surface area contributed by atoms with E-state index in [0.717, 1.165) is 19.5 Å². The second-order valence-corrected chi connectivity index (χ2v) is 6.50. The van der Waals surface area contributed by atoms with Gasteiger partial charge < -0.3 is 20.5 Å². The van der Waals surface area contributed by atoms with Crippen LogP contribution in [0.3, 0.4) is 0 Å². The van der Waals surface area contributed by atoms with Gasteiger partial charge in [0.05, 0.1) is 17.5 Å². The van der Waals surface area contributed by atoms with Crippen molar-refractivity contribution in [1.29, 1.82) is 0 Å². The first-order valence-electron chi connectivity index (χ1n) is 7.70. The maximum atomic E-state index is 12.3. The van der Waals surface area contributed by atoms with Gasteiger partial charge in [-0.05, 0) is 24.9 Å². The van der Waals surface area contributed by atoms with Gasteiger partial charge in [-0.3, -0.25) is 19.8 Å². The van der Waals surface area contributed by atoms with Gasteiger partial charge in [-0.2, -0.15) is 0 Å². The van der Waals surface area contributed by atoms with Crippen molar-refractivity contribution in [3.63, 3.8) is 0 Å². The number of carbonyl (C=O) groups excluding carboxylic acids is 1. The quantitative estimate of drug-likeness (QED) is 0.606. The summed E-state index contributed by atoms with van der Waals surface area (Å²) >= 11 is 0. The number of likely N-dealkylation sites (tertiary alicyclic amines) is 1. The van der Waals surface area contributed by atoms with E-state index in [4.69, 9.17) is 15.2 Å². The van der Waals surface area contributed by atoms with Crippen LogP contribution in [0.1, 0.15) is 13.3 Å². The average Bonchev–Trinajstić information content (AvgIpc) is 3.13. The van der Waals surface area contributed by atoms with Gasteiger partial charge >= 0.3 is 0 Å². The number of carbonyl (C=O) groups is 1. The number of anilines is 1. The molecule has 24 heavy (non-hydrogen) atoms. The molecule has 0 spiro atoms. The van der Waals surface area contributed by atoms with Gasteiger partial charge in [-0.1, -0.05) is 6.92 Å². The van der Waals surface area contributed by atoms with E-state index in [1.807, 2.05) is 4.90 Å². The zero-order valence-electron chi connectivity index (χ0n) is 13.4. The summed E-state index contributed by atoms with van der Waals surface area (Å²) in [5.74, 6) is 0.379. The highest BCUT2D eigenvalue weighted by atomic mass is 16.7. The zero-order chi connectivity index (χ0) is 17.3. The van der Waals surface area contributed by atoms with Crippen LogP contribution >= 0.6 is 0 Å². The molecule has 1 saturated heterocycles. The lowest BCUT2D eigenvalue weighted by Crippen LogP contribution is -2.35. The lowest BCUT2D eigenvalue weighted by atomic mass is 9.90. The highest BCUT2D eigenvalue weighted by Gasteiger charge is 2.33. The normalized spacial score (nSPS) is 22.6. The highest BCUT2D eigenvalue weighted by molar-refractivity contribution is 5.95. The molecule has 2 aliphatic heterocycles. The predicted molar refractivity (Wildman–Crippen MR) is 86.1 cm³/mol. The number of nitro groups is 1. The van der Waals surface area contributed by atoms with Gasteiger partial charge in [-0.15, -0.1) is 0 Å². The van der Waals surface area contributed by atoms with Crippen LogP contribution in [0.5, 0.6) is 11.5 Å². The summed E-state index contributed by atoms with van der Waals surface area (Å²) in [4.78, 5) is 24.9. The first-order valence-corrected chi connectivity index (χ1v) is 7.70. The molecule has 0 aliphatic carbocycles. The fourth-order valence-electron chi connectivity index (χ4n) is 3.00. The molecular weight excluding hydrogens is 316 g/mol. The van der Waals surface area contributed by atoms with Crippen molar-refractivity contribution in [2.45, 2.75) is 13.3 Å². The Balaban J connectivity index is 1.69. The molecular formula is C15H20N4O5. The number of ether oxygens (including phenoxy) is 2. The summed E-state index contributed by atoms with van der Waals surface area (Å²) in [6, 6.07) is 2.69. The second-order valence-electron chi connectivity index (χ2n) is 6.50. The number of nitrogens with one attached hydrogen (secondary N) is 1. The Kier molecular flexibility index (Phi) is 4.29. The van der Waals surface area contributed by atoms with E-state index < -0.39 is 4.92 Å². The lowest BCUT2D eigenvalue weighted by Gasteiger charge is -2.22. The fourth-order valence-corrected chi connectivity index (χ4v) is 3.00. The first kappa shape index (κ1) is 16.5. The molecule has 9 nitrogen and oxygen atoms in total. The monoisotopic (exact) mass is 336 g/mol. The van der Waals surface area contributed by atoms with E-state index in [1.54, 1.807) is 0 Å². The molecule has 0 radical (unpaired) electrons. The zero-order valence-corrected chi connectivity index (χ0v) is 13.4. The minimum atomic E-state index is -0.557. The maximum Gasteiger partial charge on any atom is 0.296 e. The van der Waals surface area contributed by atoms with Crippen LogP contribution in [-0.4, -0.2) is 48.7 Å². The van der Waals surface area contributed by atoms with Gasteiger partial charge in [0.25, 0.3) is 5.69 Å². The number of hydrogen-bond donors (Lipinski definition) is 2. The summed E-state index contributed by atoms with van der Waals surface area (Å²) < 4.78 is 10.3. The number of nitrogens with zero attached hydrogens (tertiary/aromatic N) is 2. The molecule has 1 atom stereocenters. The van der Waals surface area contributed by atoms with Crippen molar-refractivity contribution >= 4 is 17.3 Å². The number of benzene rings is 1. The molecule has 0 saturated carbocycles. The minimum Gasteiger partial charge on any atom is -0.454 e. The van der Waals surface area contributed by atoms with Crippen LogP contribution in [0.15, 0.2) is 12.1 Å². The Labute approximate surface area is 138 Å².